The molecule has 4 aromatic carbocycles. The van der Waals surface area contributed by atoms with Crippen LogP contribution in [0.25, 0.3) is 21.5 Å². The van der Waals surface area contributed by atoms with Crippen LogP contribution in [0.4, 0.5) is 0 Å². The molecule has 360 valence electrons. The van der Waals surface area contributed by atoms with E-state index in [-0.39, 0.29) is 47.5 Å². The smallest absolute Gasteiger partial charge is 0.744 e. The molecule has 0 N–H and O–H groups in total. The third kappa shape index (κ3) is 22.6. The van der Waals surface area contributed by atoms with E-state index in [1.165, 1.54) is 152 Å². The van der Waals surface area contributed by atoms with E-state index in [9.17, 15) is 25.9 Å². The van der Waals surface area contributed by atoms with Crippen LogP contribution in [0.5, 0.6) is 0 Å². The Kier molecular flexibility index (Phi) is 31.8. The van der Waals surface area contributed by atoms with Crippen LogP contribution in [-0.4, -0.2) is 63.7 Å². The number of rotatable bonds is 34. The minimum Gasteiger partial charge on any atom is -0.744 e. The van der Waals surface area contributed by atoms with E-state index in [2.05, 4.69) is 39.8 Å². The molecule has 0 bridgehead atoms. The fourth-order valence-corrected chi connectivity index (χ4v) is 10.9. The van der Waals surface area contributed by atoms with Gasteiger partial charge in [-0.25, -0.2) is 16.8 Å². The van der Waals surface area contributed by atoms with E-state index in [0.717, 1.165) is 84.0 Å². The summed E-state index contributed by atoms with van der Waals surface area (Å²) in [6.07, 6.45) is 37.6. The fourth-order valence-electron chi connectivity index (χ4n) is 9.41. The van der Waals surface area contributed by atoms with Crippen LogP contribution in [0.3, 0.4) is 0 Å². The van der Waals surface area contributed by atoms with Gasteiger partial charge in [0.2, 0.25) is 0 Å². The Labute approximate surface area is 427 Å². The molecule has 9 heteroatoms. The summed E-state index contributed by atoms with van der Waals surface area (Å²) in [5.74, 6) is 0. The third-order valence-corrected chi connectivity index (χ3v) is 15.0. The maximum atomic E-state index is 12.0. The number of fused-ring (bicyclic) bond motifs is 2. The summed E-state index contributed by atoms with van der Waals surface area (Å²) in [5, 5.41) is 4.13. The second-order valence-electron chi connectivity index (χ2n) is 18.5. The molecule has 0 saturated carbocycles. The van der Waals surface area contributed by atoms with Gasteiger partial charge in [-0.15, -0.1) is 0 Å². The predicted molar refractivity (Wildman–Crippen MR) is 276 cm³/mol. The first kappa shape index (κ1) is 59.6. The molecule has 4 rings (SSSR count). The second-order valence-corrected chi connectivity index (χ2v) is 21.2. The van der Waals surface area contributed by atoms with Crippen LogP contribution < -0.4 is 0 Å². The van der Waals surface area contributed by atoms with Gasteiger partial charge in [0.05, 0.1) is 9.79 Å². The van der Waals surface area contributed by atoms with Gasteiger partial charge < -0.3 is 9.11 Å². The maximum absolute atomic E-state index is 12.0. The Bertz CT molecular complexity index is 1960. The first-order valence-electron chi connectivity index (χ1n) is 26.0. The maximum Gasteiger partial charge on any atom is 2.00 e. The Morgan fingerprint density at radius 1 is 0.323 bits per heavy atom. The molecule has 0 unspecified atom stereocenters. The first-order chi connectivity index (χ1) is 31.0. The van der Waals surface area contributed by atoms with Crippen LogP contribution in [-0.2, 0) is 45.9 Å². The molecule has 0 aliphatic carbocycles. The number of hydrogen-bond acceptors (Lipinski definition) is 6. The molecule has 65 heavy (non-hydrogen) atoms. The van der Waals surface area contributed by atoms with E-state index in [4.69, 9.17) is 0 Å². The third-order valence-electron chi connectivity index (χ3n) is 13.1. The van der Waals surface area contributed by atoms with Gasteiger partial charge in [0.15, 0.2) is 0 Å². The van der Waals surface area contributed by atoms with E-state index in [0.29, 0.717) is 12.8 Å². The molecular weight excluding hydrogens is 873 g/mol. The zero-order valence-electron chi connectivity index (χ0n) is 41.4. The van der Waals surface area contributed by atoms with Crippen molar-refractivity contribution >= 4 is 79.5 Å². The molecule has 0 aliphatic heterocycles. The van der Waals surface area contributed by atoms with Crippen molar-refractivity contribution in [3.05, 3.63) is 82.9 Å². The molecule has 6 nitrogen and oxygen atoms in total. The summed E-state index contributed by atoms with van der Waals surface area (Å²) in [4.78, 5) is -0.0480. The standard InChI is InChI=1S/2C28H44O3S.Ca/c2*1-3-5-7-9-11-13-15-18-24-19-17-21-26-25(24)22-23-28(32(29,30)31)27(26)20-16-14-12-10-8-6-4-2;/h2*17,19,21-23H,3-16,18,20H2,1-2H3,(H,29,30,31);/q;;+2/p-2. The molecule has 0 heterocycles. The predicted octanol–water partition coefficient (Wildman–Crippen LogP) is 16.3. The summed E-state index contributed by atoms with van der Waals surface area (Å²) in [7, 11) is -8.95. The summed E-state index contributed by atoms with van der Waals surface area (Å²) in [5.41, 5.74) is 4.00. The van der Waals surface area contributed by atoms with Crippen molar-refractivity contribution in [2.75, 3.05) is 0 Å². The van der Waals surface area contributed by atoms with Crippen molar-refractivity contribution in [3.8, 4) is 0 Å². The minimum absolute atomic E-state index is 0. The van der Waals surface area contributed by atoms with Gasteiger partial charge in [-0.05, 0) is 107 Å². The zero-order chi connectivity index (χ0) is 46.5. The number of benzene rings is 4. The number of unbranched alkanes of at least 4 members (excludes halogenated alkanes) is 24. The largest absolute Gasteiger partial charge is 2.00 e. The molecule has 0 radical (unpaired) electrons. The molecule has 0 spiro atoms. The molecule has 0 aliphatic rings. The van der Waals surface area contributed by atoms with Gasteiger partial charge in [-0.2, -0.15) is 0 Å². The number of aryl methyl sites for hydroxylation is 4. The van der Waals surface area contributed by atoms with Crippen molar-refractivity contribution in [2.24, 2.45) is 0 Å². The van der Waals surface area contributed by atoms with E-state index in [1.54, 1.807) is 12.1 Å². The van der Waals surface area contributed by atoms with Crippen molar-refractivity contribution < 1.29 is 25.9 Å². The van der Waals surface area contributed by atoms with E-state index >= 15 is 0 Å². The Morgan fingerprint density at radius 3 is 0.862 bits per heavy atom. The Morgan fingerprint density at radius 2 is 0.585 bits per heavy atom. The Balaban J connectivity index is 0.000000440. The normalized spacial score (nSPS) is 11.8. The molecule has 0 atom stereocenters. The van der Waals surface area contributed by atoms with Crippen LogP contribution in [0.15, 0.2) is 70.5 Å². The molecule has 4 aromatic rings. The molecular formula is C56H86CaO6S2. The van der Waals surface area contributed by atoms with Gasteiger partial charge in [0, 0.05) is 0 Å². The fraction of sp³-hybridized carbons (Fsp3) is 0.643. The topological polar surface area (TPSA) is 114 Å². The van der Waals surface area contributed by atoms with Gasteiger partial charge in [0.1, 0.15) is 20.2 Å². The van der Waals surface area contributed by atoms with Gasteiger partial charge in [-0.1, -0.05) is 230 Å². The summed E-state index contributed by atoms with van der Waals surface area (Å²) >= 11 is 0. The van der Waals surface area contributed by atoms with Crippen molar-refractivity contribution in [1.29, 1.82) is 0 Å². The van der Waals surface area contributed by atoms with Crippen LogP contribution in [0.1, 0.15) is 230 Å². The summed E-state index contributed by atoms with van der Waals surface area (Å²) in [6.45, 7) is 8.91. The van der Waals surface area contributed by atoms with Crippen molar-refractivity contribution in [3.63, 3.8) is 0 Å². The SMILES string of the molecule is CCCCCCCCCc1cccc2c(CCCCCCCCC)c(S(=O)(=O)[O-])ccc12.CCCCCCCCCc1cccc2c(CCCCCCCCC)c(S(=O)(=O)[O-])ccc12.[Ca+2]. The van der Waals surface area contributed by atoms with Gasteiger partial charge in [-0.3, -0.25) is 0 Å². The van der Waals surface area contributed by atoms with E-state index < -0.39 is 20.2 Å². The van der Waals surface area contributed by atoms with Crippen LogP contribution >= 0.6 is 0 Å². The van der Waals surface area contributed by atoms with Gasteiger partial charge in [0.25, 0.3) is 0 Å². The monoisotopic (exact) mass is 959 g/mol. The molecule has 0 aromatic heterocycles. The number of hydrogen-bond donors (Lipinski definition) is 0. The van der Waals surface area contributed by atoms with Crippen molar-refractivity contribution in [2.45, 2.75) is 243 Å². The quantitative estimate of drug-likeness (QED) is 0.0262. The average molecular weight is 960 g/mol. The van der Waals surface area contributed by atoms with Crippen LogP contribution in [0, 0.1) is 0 Å². The Hall–Kier alpha value is -1.52. The average Bonchev–Trinajstić information content (AvgIpc) is 3.27. The molecule has 0 fully saturated rings. The second kappa shape index (κ2) is 34.7. The summed E-state index contributed by atoms with van der Waals surface area (Å²) in [6, 6.07) is 19.2. The minimum atomic E-state index is -4.47. The first-order valence-corrected chi connectivity index (χ1v) is 28.8. The molecule has 0 saturated heterocycles. The van der Waals surface area contributed by atoms with E-state index in [1.807, 2.05) is 36.4 Å². The van der Waals surface area contributed by atoms with Crippen LogP contribution in [0.2, 0.25) is 0 Å². The van der Waals surface area contributed by atoms with Crippen molar-refractivity contribution in [1.82, 2.24) is 0 Å². The zero-order valence-corrected chi connectivity index (χ0v) is 45.2. The summed E-state index contributed by atoms with van der Waals surface area (Å²) < 4.78 is 71.7. The van der Waals surface area contributed by atoms with Gasteiger partial charge >= 0.3 is 37.7 Å². The molecule has 0 amide bonds.